The molecule has 3 aliphatic rings. The van der Waals surface area contributed by atoms with Crippen molar-refractivity contribution in [1.29, 1.82) is 0 Å². The number of rotatable bonds is 11. The molecule has 52 heavy (non-hydrogen) atoms. The second-order valence-corrected chi connectivity index (χ2v) is 16.5. The average molecular weight is 755 g/mol. The summed E-state index contributed by atoms with van der Waals surface area (Å²) < 4.78 is 44.1. The third-order valence-electron chi connectivity index (χ3n) is 11.5. The van der Waals surface area contributed by atoms with E-state index in [9.17, 15) is 18.9 Å². The molecule has 1 N–H and O–H groups in total. The van der Waals surface area contributed by atoms with Crippen LogP contribution in [-0.4, -0.2) is 128 Å². The molecule has 3 fully saturated rings. The van der Waals surface area contributed by atoms with Gasteiger partial charge in [0.2, 0.25) is 0 Å². The number of methoxy groups -OCH3 is 1. The second kappa shape index (κ2) is 19.3. The summed E-state index contributed by atoms with van der Waals surface area (Å²) >= 11 is 0. The van der Waals surface area contributed by atoms with Gasteiger partial charge in [0.25, 0.3) is 0 Å². The minimum atomic E-state index is -1.22. The smallest absolute Gasteiger partial charge is 0.410 e. The molecule has 3 heterocycles. The Morgan fingerprint density at radius 1 is 1.13 bits per heavy atom. The van der Waals surface area contributed by atoms with E-state index in [4.69, 9.17) is 29.2 Å². The summed E-state index contributed by atoms with van der Waals surface area (Å²) in [6, 6.07) is -0.845. The number of esters is 1. The lowest BCUT2D eigenvalue weighted by atomic mass is 9.78. The van der Waals surface area contributed by atoms with Crippen molar-refractivity contribution < 1.29 is 42.6 Å². The lowest BCUT2D eigenvalue weighted by molar-refractivity contribution is -0.260. The van der Waals surface area contributed by atoms with Crippen molar-refractivity contribution >= 4 is 26.3 Å². The Kier molecular flexibility index (Phi) is 16.3. The lowest BCUT2D eigenvalue weighted by Crippen LogP contribution is -2.61. The Morgan fingerprint density at radius 2 is 1.83 bits per heavy atom. The van der Waals surface area contributed by atoms with Gasteiger partial charge in [0, 0.05) is 43.1 Å². The normalized spacial score (nSPS) is 39.9. The molecule has 0 aliphatic carbocycles. The van der Waals surface area contributed by atoms with Crippen LogP contribution in [0, 0.1) is 17.8 Å². The highest BCUT2D eigenvalue weighted by Gasteiger charge is 2.58. The van der Waals surface area contributed by atoms with E-state index in [-0.39, 0.29) is 38.3 Å². The summed E-state index contributed by atoms with van der Waals surface area (Å²) in [4.78, 5) is 48.2. The molecule has 0 radical (unpaired) electrons. The van der Waals surface area contributed by atoms with E-state index >= 15 is 0 Å². The molecule has 0 saturated carbocycles. The molecule has 3 rings (SSSR count). The zero-order chi connectivity index (χ0) is 39.0. The molecular weight excluding hydrogens is 691 g/mol. The van der Waals surface area contributed by atoms with Crippen molar-refractivity contribution in [2.24, 2.45) is 22.9 Å². The van der Waals surface area contributed by atoms with Gasteiger partial charge in [-0.15, -0.1) is 0 Å². The number of hydrogen-bond acceptors (Lipinski definition) is 12. The molecule has 0 aromatic rings. The number of hydrogen-bond donors (Lipinski definition) is 1. The predicted octanol–water partition coefficient (Wildman–Crippen LogP) is 5.74. The molecule has 0 bridgehead atoms. The van der Waals surface area contributed by atoms with Crippen LogP contribution < -0.4 is 5.32 Å². The van der Waals surface area contributed by atoms with E-state index in [1.54, 1.807) is 25.9 Å². The van der Waals surface area contributed by atoms with Gasteiger partial charge in [0.05, 0.1) is 23.9 Å². The highest BCUT2D eigenvalue weighted by molar-refractivity contribution is 7.25. The summed E-state index contributed by atoms with van der Waals surface area (Å²) in [7, 11) is 5.33. The van der Waals surface area contributed by atoms with E-state index < -0.39 is 65.3 Å². The fraction of sp³-hybridized carbons (Fsp3) is 0.917. The molecule has 15 nitrogen and oxygen atoms in total. The van der Waals surface area contributed by atoms with Crippen molar-refractivity contribution in [2.75, 3.05) is 40.8 Å². The first-order valence-electron chi connectivity index (χ1n) is 18.8. The number of nitrogens with one attached hydrogen (secondary N) is 1. The molecule has 3 aliphatic heterocycles. The summed E-state index contributed by atoms with van der Waals surface area (Å²) in [6.45, 7) is 16.2. The molecular formula is C36H63N6O9P. The van der Waals surface area contributed by atoms with Crippen LogP contribution in [0.25, 0.3) is 10.4 Å². The molecule has 16 heteroatoms. The van der Waals surface area contributed by atoms with Crippen LogP contribution in [0.4, 0.5) is 4.79 Å². The minimum Gasteiger partial charge on any atom is -0.458 e. The van der Waals surface area contributed by atoms with Gasteiger partial charge in [0.1, 0.15) is 17.7 Å². The molecule has 3 saturated heterocycles. The summed E-state index contributed by atoms with van der Waals surface area (Å²) in [5, 5.41) is 7.23. The Labute approximate surface area is 311 Å². The van der Waals surface area contributed by atoms with Crippen molar-refractivity contribution in [1.82, 2.24) is 15.1 Å². The minimum absolute atomic E-state index is 0.0886. The number of cyclic esters (lactones) is 1. The maximum Gasteiger partial charge on any atom is 0.410 e. The van der Waals surface area contributed by atoms with Crippen molar-refractivity contribution in [3.8, 4) is 0 Å². The fourth-order valence-electron chi connectivity index (χ4n) is 8.49. The Morgan fingerprint density at radius 3 is 2.42 bits per heavy atom. The van der Waals surface area contributed by atoms with Gasteiger partial charge in [-0.25, -0.2) is 4.79 Å². The van der Waals surface area contributed by atoms with Crippen molar-refractivity contribution in [2.45, 2.75) is 154 Å². The molecule has 1 amide bonds. The van der Waals surface area contributed by atoms with E-state index in [1.807, 2.05) is 46.7 Å². The monoisotopic (exact) mass is 754 g/mol. The third-order valence-corrected chi connectivity index (χ3v) is 12.3. The van der Waals surface area contributed by atoms with Gasteiger partial charge < -0.3 is 33.9 Å². The average Bonchev–Trinajstić information content (AvgIpc) is 3.36. The number of fused-ring (bicyclic) bond motifs is 1. The SMILES string of the molecule is CC[C@H]1OC(=O)[C@H](C)C(=O)[C@H](C)[C@@H](O[C@@H]2OC(C)CC(N(C)C)C2P=O)[C@](C)(OC)C[C@@H](C)CCN[C@H](C)[C@H]2N(CCCCN=[N+]=[N-])C(=O)O[C@]12C. The van der Waals surface area contributed by atoms with Crippen molar-refractivity contribution in [3.05, 3.63) is 10.4 Å². The van der Waals surface area contributed by atoms with E-state index in [0.29, 0.717) is 51.7 Å². The summed E-state index contributed by atoms with van der Waals surface area (Å²) in [6.07, 6.45) is 0.159. The number of ether oxygens (including phenoxy) is 5. The van der Waals surface area contributed by atoms with E-state index in [0.717, 1.165) is 6.42 Å². The van der Waals surface area contributed by atoms with Crippen LogP contribution in [0.15, 0.2) is 5.11 Å². The zero-order valence-corrected chi connectivity index (χ0v) is 34.0. The van der Waals surface area contributed by atoms with Gasteiger partial charge in [-0.3, -0.25) is 19.1 Å². The molecule has 3 unspecified atom stereocenters. The molecule has 0 aromatic heterocycles. The second-order valence-electron chi connectivity index (χ2n) is 15.7. The van der Waals surface area contributed by atoms with Crippen LogP contribution in [0.1, 0.15) is 93.9 Å². The lowest BCUT2D eigenvalue weighted by Gasteiger charge is -2.46. The third kappa shape index (κ3) is 10.0. The van der Waals surface area contributed by atoms with Gasteiger partial charge >= 0.3 is 12.1 Å². The topological polar surface area (TPSA) is 182 Å². The predicted molar refractivity (Wildman–Crippen MR) is 196 cm³/mol. The number of ketones is 1. The first-order chi connectivity index (χ1) is 24.5. The van der Waals surface area contributed by atoms with Gasteiger partial charge in [-0.2, -0.15) is 0 Å². The molecule has 296 valence electrons. The summed E-state index contributed by atoms with van der Waals surface area (Å²) in [5.74, 6) is -3.05. The highest BCUT2D eigenvalue weighted by atomic mass is 31.1. The largest absolute Gasteiger partial charge is 0.458 e. The molecule has 0 spiro atoms. The number of nitrogens with zero attached hydrogens (tertiary/aromatic N) is 5. The van der Waals surface area contributed by atoms with E-state index in [2.05, 4.69) is 22.3 Å². The number of unbranched alkanes of at least 4 members (excludes halogenated alkanes) is 1. The first kappa shape index (κ1) is 44.0. The number of carbonyl (C=O) groups is 3. The quantitative estimate of drug-likeness (QED) is 0.0516. The van der Waals surface area contributed by atoms with Crippen LogP contribution in [0.5, 0.6) is 0 Å². The van der Waals surface area contributed by atoms with Gasteiger partial charge in [-0.05, 0) is 105 Å². The summed E-state index contributed by atoms with van der Waals surface area (Å²) in [5.41, 5.74) is 5.93. The van der Waals surface area contributed by atoms with Gasteiger partial charge in [0.15, 0.2) is 26.1 Å². The first-order valence-corrected chi connectivity index (χ1v) is 19.7. The van der Waals surface area contributed by atoms with Crippen LogP contribution >= 0.6 is 8.46 Å². The maximum atomic E-state index is 14.3. The Bertz CT molecular complexity index is 1290. The van der Waals surface area contributed by atoms with Crippen LogP contribution in [0.3, 0.4) is 0 Å². The fourth-order valence-corrected chi connectivity index (χ4v) is 9.26. The molecule has 0 aromatic carbocycles. The Balaban J connectivity index is 2.02. The number of Topliss-reactive ketones (excluding diaryl/α,β-unsaturated/α-hetero) is 1. The van der Waals surface area contributed by atoms with Gasteiger partial charge in [-0.1, -0.05) is 25.9 Å². The van der Waals surface area contributed by atoms with Crippen LogP contribution in [0.2, 0.25) is 0 Å². The standard InChI is InChI=1S/C36H63N6O9P/c1-12-27-36(8)30(42(34(45)51-36)18-14-13-16-39-40-37)25(6)38-17-15-21(2)20-35(7,47-11)31(23(4)28(43)24(5)32(44)49-27)50-33-29(52-46)26(41(9)10)19-22(3)48-33/h21-27,29-31,33,38H,12-20H2,1-11H3/t21-,22?,23-,24+,25+,26?,27+,29?,30+,31+,33-,35+,36+/m0/s1. The maximum absolute atomic E-state index is 14.3. The molecule has 13 atom stereocenters. The number of amides is 1. The zero-order valence-electron chi connectivity index (χ0n) is 33.1. The van der Waals surface area contributed by atoms with Crippen molar-refractivity contribution in [3.63, 3.8) is 0 Å². The highest BCUT2D eigenvalue weighted by Crippen LogP contribution is 2.41. The number of azide groups is 1. The Hall–Kier alpha value is -2.38. The van der Waals surface area contributed by atoms with E-state index in [1.165, 1.54) is 6.92 Å². The number of carbonyl (C=O) groups excluding carboxylic acids is 3. The van der Waals surface area contributed by atoms with Crippen LogP contribution in [-0.2, 0) is 37.8 Å².